The molecule has 234 valence electrons. The third kappa shape index (κ3) is 6.63. The van der Waals surface area contributed by atoms with Crippen molar-refractivity contribution in [3.05, 3.63) is 81.7 Å². The van der Waals surface area contributed by atoms with Crippen LogP contribution in [0.25, 0.3) is 0 Å². The minimum atomic E-state index is -3.65. The van der Waals surface area contributed by atoms with Crippen LogP contribution in [0, 0.1) is 0 Å². The summed E-state index contributed by atoms with van der Waals surface area (Å²) in [6.45, 7) is 3.88. The number of fused-ring (bicyclic) bond motifs is 1. The van der Waals surface area contributed by atoms with Gasteiger partial charge in [-0.3, -0.25) is 14.5 Å². The second-order valence-electron chi connectivity index (χ2n) is 12.3. The number of anilines is 1. The molecule has 3 aromatic rings. The van der Waals surface area contributed by atoms with Gasteiger partial charge in [0.1, 0.15) is 5.00 Å². The van der Waals surface area contributed by atoms with Gasteiger partial charge in [0.2, 0.25) is 10.0 Å². The zero-order chi connectivity index (χ0) is 30.7. The van der Waals surface area contributed by atoms with E-state index in [1.54, 1.807) is 19.2 Å². The number of carbonyl (C=O) groups excluding carboxylic acids is 2. The number of carbonyl (C=O) groups is 2. The van der Waals surface area contributed by atoms with Gasteiger partial charge in [0.15, 0.2) is 0 Å². The topological polar surface area (TPSA) is 90.0 Å². The van der Waals surface area contributed by atoms with Crippen molar-refractivity contribution in [1.29, 1.82) is 0 Å². The zero-order valence-electron chi connectivity index (χ0n) is 25.5. The summed E-state index contributed by atoms with van der Waals surface area (Å²) in [5.41, 5.74) is 3.30. The highest BCUT2D eigenvalue weighted by Gasteiger charge is 2.32. The molecule has 2 aromatic carbocycles. The standard InChI is InChI=1S/C34H42N4O4S2/c1-36(27-13-7-3-8-14-27)44(41,42)28-17-15-26(16-18-28)32(39)35-33-31(34(40)38-20-9-4-10-21-38)29-19-22-37(24-30(29)43-33)23-25-11-5-2-6-12-25/h2,5-6,11-12,15-18,27H,3-4,7-10,13-14,19-24H2,1H3,(H,35,39). The Balaban J connectivity index is 1.22. The van der Waals surface area contributed by atoms with Crippen molar-refractivity contribution < 1.29 is 18.0 Å². The van der Waals surface area contributed by atoms with Crippen molar-refractivity contribution in [2.45, 2.75) is 81.8 Å². The van der Waals surface area contributed by atoms with Gasteiger partial charge in [-0.2, -0.15) is 4.31 Å². The second-order valence-corrected chi connectivity index (χ2v) is 15.4. The van der Waals surface area contributed by atoms with E-state index in [1.807, 2.05) is 11.0 Å². The quantitative estimate of drug-likeness (QED) is 0.322. The largest absolute Gasteiger partial charge is 0.339 e. The molecule has 1 aliphatic carbocycles. The first-order valence-electron chi connectivity index (χ1n) is 15.9. The summed E-state index contributed by atoms with van der Waals surface area (Å²) in [7, 11) is -1.99. The molecule has 0 bridgehead atoms. The van der Waals surface area contributed by atoms with E-state index in [2.05, 4.69) is 34.5 Å². The Morgan fingerprint density at radius 2 is 1.59 bits per heavy atom. The smallest absolute Gasteiger partial charge is 0.257 e. The number of hydrogen-bond donors (Lipinski definition) is 1. The van der Waals surface area contributed by atoms with Crippen LogP contribution in [0.4, 0.5) is 5.00 Å². The van der Waals surface area contributed by atoms with Crippen LogP contribution < -0.4 is 5.32 Å². The average Bonchev–Trinajstić information content (AvgIpc) is 3.42. The Bertz CT molecular complexity index is 1580. The molecule has 2 aliphatic heterocycles. The van der Waals surface area contributed by atoms with E-state index in [0.29, 0.717) is 16.1 Å². The highest BCUT2D eigenvalue weighted by atomic mass is 32.2. The number of sulfonamides is 1. The van der Waals surface area contributed by atoms with E-state index in [-0.39, 0.29) is 22.8 Å². The van der Waals surface area contributed by atoms with Gasteiger partial charge in [-0.1, -0.05) is 49.6 Å². The fraction of sp³-hybridized carbons (Fsp3) is 0.471. The Labute approximate surface area is 265 Å². The van der Waals surface area contributed by atoms with Gasteiger partial charge in [0, 0.05) is 56.3 Å². The third-order valence-electron chi connectivity index (χ3n) is 9.35. The zero-order valence-corrected chi connectivity index (χ0v) is 27.1. The first-order chi connectivity index (χ1) is 21.3. The molecule has 0 unspecified atom stereocenters. The maximum absolute atomic E-state index is 13.9. The molecule has 0 spiro atoms. The molecule has 3 heterocycles. The van der Waals surface area contributed by atoms with Crippen LogP contribution in [0.5, 0.6) is 0 Å². The molecule has 0 radical (unpaired) electrons. The lowest BCUT2D eigenvalue weighted by Crippen LogP contribution is -2.38. The highest BCUT2D eigenvalue weighted by Crippen LogP contribution is 2.39. The molecule has 8 nitrogen and oxygen atoms in total. The van der Waals surface area contributed by atoms with Gasteiger partial charge in [-0.05, 0) is 73.9 Å². The number of nitrogens with one attached hydrogen (secondary N) is 1. The molecule has 6 rings (SSSR count). The van der Waals surface area contributed by atoms with Gasteiger partial charge in [0.05, 0.1) is 10.5 Å². The van der Waals surface area contributed by atoms with Crippen LogP contribution in [0.3, 0.4) is 0 Å². The summed E-state index contributed by atoms with van der Waals surface area (Å²) in [6.07, 6.45) is 8.87. The molecule has 3 aliphatic rings. The minimum absolute atomic E-state index is 0.00111. The Hall–Kier alpha value is -3.05. The molecule has 44 heavy (non-hydrogen) atoms. The van der Waals surface area contributed by atoms with E-state index in [4.69, 9.17) is 0 Å². The fourth-order valence-corrected chi connectivity index (χ4v) is 9.46. The van der Waals surface area contributed by atoms with Gasteiger partial charge < -0.3 is 10.2 Å². The molecule has 0 atom stereocenters. The van der Waals surface area contributed by atoms with Crippen molar-refractivity contribution in [1.82, 2.24) is 14.1 Å². The van der Waals surface area contributed by atoms with E-state index >= 15 is 0 Å². The monoisotopic (exact) mass is 634 g/mol. The Morgan fingerprint density at radius 3 is 2.30 bits per heavy atom. The molecule has 10 heteroatoms. The van der Waals surface area contributed by atoms with Gasteiger partial charge in [-0.15, -0.1) is 11.3 Å². The molecule has 1 saturated heterocycles. The van der Waals surface area contributed by atoms with Crippen LogP contribution >= 0.6 is 11.3 Å². The van der Waals surface area contributed by atoms with Crippen molar-refractivity contribution in [2.24, 2.45) is 0 Å². The molecular formula is C34H42N4O4S2. The summed E-state index contributed by atoms with van der Waals surface area (Å²) in [5.74, 6) is -0.344. The van der Waals surface area contributed by atoms with Crippen molar-refractivity contribution >= 4 is 38.2 Å². The number of piperidine rings is 1. The normalized spacial score (nSPS) is 18.3. The fourth-order valence-electron chi connectivity index (χ4n) is 6.76. The molecule has 2 fully saturated rings. The Morgan fingerprint density at radius 1 is 0.909 bits per heavy atom. The summed E-state index contributed by atoms with van der Waals surface area (Å²) in [5, 5.41) is 3.64. The number of thiophene rings is 1. The number of nitrogens with zero attached hydrogens (tertiary/aromatic N) is 3. The Kier molecular flexibility index (Phi) is 9.51. The van der Waals surface area contributed by atoms with E-state index in [0.717, 1.165) is 101 Å². The van der Waals surface area contributed by atoms with Crippen LogP contribution in [-0.2, 0) is 29.5 Å². The lowest BCUT2D eigenvalue weighted by atomic mass is 9.96. The maximum atomic E-state index is 13.9. The first-order valence-corrected chi connectivity index (χ1v) is 18.2. The summed E-state index contributed by atoms with van der Waals surface area (Å²) in [6, 6.07) is 16.6. The van der Waals surface area contributed by atoms with E-state index in [9.17, 15) is 18.0 Å². The van der Waals surface area contributed by atoms with Crippen LogP contribution in [0.1, 0.15) is 88.1 Å². The predicted molar refractivity (Wildman–Crippen MR) is 175 cm³/mol. The summed E-state index contributed by atoms with van der Waals surface area (Å²) in [4.78, 5) is 33.0. The average molecular weight is 635 g/mol. The van der Waals surface area contributed by atoms with Crippen LogP contribution in [-0.4, -0.2) is 67.1 Å². The summed E-state index contributed by atoms with van der Waals surface area (Å²) >= 11 is 1.50. The van der Waals surface area contributed by atoms with Gasteiger partial charge in [0.25, 0.3) is 11.8 Å². The number of rotatable bonds is 8. The summed E-state index contributed by atoms with van der Waals surface area (Å²) < 4.78 is 28.1. The third-order valence-corrected chi connectivity index (χ3v) is 12.4. The first kappa shape index (κ1) is 31.0. The lowest BCUT2D eigenvalue weighted by Gasteiger charge is -2.30. The second kappa shape index (κ2) is 13.5. The van der Waals surface area contributed by atoms with Gasteiger partial charge >= 0.3 is 0 Å². The number of benzene rings is 2. The number of amides is 2. The molecule has 1 aromatic heterocycles. The minimum Gasteiger partial charge on any atom is -0.339 e. The number of hydrogen-bond acceptors (Lipinski definition) is 6. The van der Waals surface area contributed by atoms with E-state index in [1.165, 1.54) is 33.3 Å². The predicted octanol–water partition coefficient (Wildman–Crippen LogP) is 6.14. The van der Waals surface area contributed by atoms with Crippen LogP contribution in [0.15, 0.2) is 59.5 Å². The van der Waals surface area contributed by atoms with Gasteiger partial charge in [-0.25, -0.2) is 8.42 Å². The molecule has 2 amide bonds. The SMILES string of the molecule is CN(C1CCCCC1)S(=O)(=O)c1ccc(C(=O)Nc2sc3c(c2C(=O)N2CCCCC2)CCN(Cc2ccccc2)C3)cc1. The van der Waals surface area contributed by atoms with Crippen LogP contribution in [0.2, 0.25) is 0 Å². The lowest BCUT2D eigenvalue weighted by molar-refractivity contribution is 0.0724. The van der Waals surface area contributed by atoms with Crippen molar-refractivity contribution in [3.63, 3.8) is 0 Å². The van der Waals surface area contributed by atoms with Crippen molar-refractivity contribution in [3.8, 4) is 0 Å². The van der Waals surface area contributed by atoms with E-state index < -0.39 is 10.0 Å². The molecular weight excluding hydrogens is 593 g/mol. The highest BCUT2D eigenvalue weighted by molar-refractivity contribution is 7.89. The van der Waals surface area contributed by atoms with Crippen molar-refractivity contribution in [2.75, 3.05) is 32.0 Å². The number of likely N-dealkylation sites (tertiary alicyclic amines) is 1. The molecule has 1 N–H and O–H groups in total. The maximum Gasteiger partial charge on any atom is 0.257 e. The molecule has 1 saturated carbocycles.